The maximum atomic E-state index is 13.3. The van der Waals surface area contributed by atoms with E-state index in [1.807, 2.05) is 44.1 Å². The highest BCUT2D eigenvalue weighted by atomic mass is 32.2. The van der Waals surface area contributed by atoms with E-state index in [4.69, 9.17) is 5.73 Å². The van der Waals surface area contributed by atoms with Crippen molar-refractivity contribution in [3.63, 3.8) is 0 Å². The third kappa shape index (κ3) is 6.27. The van der Waals surface area contributed by atoms with Crippen LogP contribution in [0.2, 0.25) is 0 Å². The van der Waals surface area contributed by atoms with E-state index in [2.05, 4.69) is 4.99 Å². The van der Waals surface area contributed by atoms with Crippen LogP contribution >= 0.6 is 11.8 Å². The number of carbonyl (C=O) groups is 2. The molecule has 32 heavy (non-hydrogen) atoms. The van der Waals surface area contributed by atoms with Crippen LogP contribution < -0.4 is 11.2 Å². The van der Waals surface area contributed by atoms with Crippen molar-refractivity contribution in [3.8, 4) is 0 Å². The zero-order chi connectivity index (χ0) is 24.3. The molecule has 2 amide bonds. The van der Waals surface area contributed by atoms with E-state index in [1.165, 1.54) is 6.07 Å². The summed E-state index contributed by atoms with van der Waals surface area (Å²) in [5, 5.41) is 0. The quantitative estimate of drug-likeness (QED) is 0.614. The number of rotatable bonds is 7. The van der Waals surface area contributed by atoms with Crippen LogP contribution in [0.4, 0.5) is 13.2 Å². The minimum Gasteiger partial charge on any atom is -0.369 e. The molecule has 0 radical (unpaired) electrons. The maximum Gasteiger partial charge on any atom is 0.416 e. The molecule has 0 aliphatic carbocycles. The average Bonchev–Trinajstić information content (AvgIpc) is 2.99. The minimum atomic E-state index is -4.62. The van der Waals surface area contributed by atoms with E-state index in [1.54, 1.807) is 6.07 Å². The highest BCUT2D eigenvalue weighted by Gasteiger charge is 2.32. The lowest BCUT2D eigenvalue weighted by Crippen LogP contribution is -2.25. The summed E-state index contributed by atoms with van der Waals surface area (Å²) in [6.45, 7) is 8.75. The molecule has 0 aliphatic rings. The molecule has 6 nitrogen and oxygen atoms in total. The normalized spacial score (nSPS) is 12.9. The first-order valence-corrected chi connectivity index (χ1v) is 11.2. The van der Waals surface area contributed by atoms with E-state index in [9.17, 15) is 22.8 Å². The number of thioether (sulfide) groups is 1. The lowest BCUT2D eigenvalue weighted by Gasteiger charge is -2.20. The van der Waals surface area contributed by atoms with E-state index in [-0.39, 0.29) is 21.6 Å². The molecule has 0 bridgehead atoms. The summed E-state index contributed by atoms with van der Waals surface area (Å²) in [5.74, 6) is -1.61. The summed E-state index contributed by atoms with van der Waals surface area (Å²) in [4.78, 5) is 28.6. The minimum absolute atomic E-state index is 0.165. The first-order valence-electron chi connectivity index (χ1n) is 10.2. The molecule has 1 aromatic heterocycles. The third-order valence-electron chi connectivity index (χ3n) is 4.86. The Bertz CT molecular complexity index is 1060. The Kier molecular flexibility index (Phi) is 8.03. The molecule has 10 heteroatoms. The van der Waals surface area contributed by atoms with E-state index in [0.717, 1.165) is 42.4 Å². The van der Waals surface area contributed by atoms with E-state index >= 15 is 0 Å². The predicted molar refractivity (Wildman–Crippen MR) is 118 cm³/mol. The summed E-state index contributed by atoms with van der Waals surface area (Å²) in [7, 11) is 1.87. The van der Waals surface area contributed by atoms with Gasteiger partial charge in [0.05, 0.1) is 16.9 Å². The molecule has 0 aliphatic heterocycles. The summed E-state index contributed by atoms with van der Waals surface area (Å²) in [5.41, 5.74) is 5.08. The third-order valence-corrected chi connectivity index (χ3v) is 5.95. The van der Waals surface area contributed by atoms with Gasteiger partial charge in [-0.25, -0.2) is 0 Å². The molecular formula is C22H29F3N4O2S. The van der Waals surface area contributed by atoms with Crippen LogP contribution in [0.15, 0.2) is 34.2 Å². The summed E-state index contributed by atoms with van der Waals surface area (Å²) in [6.07, 6.45) is -2.83. The van der Waals surface area contributed by atoms with Crippen molar-refractivity contribution < 1.29 is 22.8 Å². The smallest absolute Gasteiger partial charge is 0.369 e. The van der Waals surface area contributed by atoms with Crippen LogP contribution in [0.1, 0.15) is 62.2 Å². The lowest BCUT2D eigenvalue weighted by molar-refractivity contribution is -0.137. The monoisotopic (exact) mass is 470 g/mol. The molecule has 0 saturated heterocycles. The molecule has 2 N–H and O–H groups in total. The number of nitrogens with two attached hydrogens (primary N) is 1. The first-order chi connectivity index (χ1) is 14.8. The molecule has 0 spiro atoms. The van der Waals surface area contributed by atoms with Gasteiger partial charge >= 0.3 is 6.18 Å². The van der Waals surface area contributed by atoms with Crippen molar-refractivity contribution >= 4 is 23.6 Å². The number of primary amides is 1. The molecule has 0 unspecified atom stereocenters. The number of aromatic nitrogens is 2. The second-order valence-corrected chi connectivity index (χ2v) is 9.54. The number of carbonyl (C=O) groups excluding carboxylic acids is 2. The van der Waals surface area contributed by atoms with Crippen molar-refractivity contribution in [1.29, 1.82) is 0 Å². The van der Waals surface area contributed by atoms with Crippen molar-refractivity contribution in [2.45, 2.75) is 63.6 Å². The number of nitrogens with zero attached hydrogens (tertiary/aromatic N) is 3. The molecule has 0 fully saturated rings. The lowest BCUT2D eigenvalue weighted by atomic mass is 9.92. The summed E-state index contributed by atoms with van der Waals surface area (Å²) < 4.78 is 43.6. The fraction of sp³-hybridized carbons (Fsp3) is 0.500. The van der Waals surface area contributed by atoms with Gasteiger partial charge in [-0.05, 0) is 24.6 Å². The van der Waals surface area contributed by atoms with Crippen LogP contribution in [0.5, 0.6) is 0 Å². The summed E-state index contributed by atoms with van der Waals surface area (Å²) in [6, 6.07) is 4.62. The van der Waals surface area contributed by atoms with Gasteiger partial charge in [-0.3, -0.25) is 19.0 Å². The summed E-state index contributed by atoms with van der Waals surface area (Å²) >= 11 is 0.909. The molecule has 2 aromatic rings. The van der Waals surface area contributed by atoms with Gasteiger partial charge < -0.3 is 5.73 Å². The zero-order valence-corrected chi connectivity index (χ0v) is 19.7. The number of halogens is 3. The van der Waals surface area contributed by atoms with Crippen molar-refractivity contribution in [3.05, 3.63) is 46.6 Å². The van der Waals surface area contributed by atoms with Crippen LogP contribution in [0.25, 0.3) is 0 Å². The molecule has 0 saturated carbocycles. The molecule has 1 aromatic carbocycles. The van der Waals surface area contributed by atoms with E-state index in [0.29, 0.717) is 12.0 Å². The SMILES string of the molecule is CCCCn1/c(=N/C(=O)c2cc(C(F)(F)F)ccc2SCC(N)=O)cc(C(C)(C)C)n1C. The van der Waals surface area contributed by atoms with Gasteiger partial charge in [-0.15, -0.1) is 11.8 Å². The van der Waals surface area contributed by atoms with Crippen LogP contribution in [0.3, 0.4) is 0 Å². The molecule has 176 valence electrons. The van der Waals surface area contributed by atoms with Crippen LogP contribution in [0, 0.1) is 0 Å². The number of benzene rings is 1. The highest BCUT2D eigenvalue weighted by Crippen LogP contribution is 2.33. The molecule has 2 rings (SSSR count). The van der Waals surface area contributed by atoms with Crippen LogP contribution in [-0.2, 0) is 30.0 Å². The van der Waals surface area contributed by atoms with Gasteiger partial charge in [0.25, 0.3) is 5.91 Å². The van der Waals surface area contributed by atoms with Gasteiger partial charge in [0, 0.05) is 35.7 Å². The second kappa shape index (κ2) is 9.97. The number of amides is 2. The number of hydrogen-bond donors (Lipinski definition) is 1. The Morgan fingerprint density at radius 3 is 2.34 bits per heavy atom. The number of hydrogen-bond acceptors (Lipinski definition) is 3. The first kappa shape index (κ1) is 25.8. The second-order valence-electron chi connectivity index (χ2n) is 8.52. The van der Waals surface area contributed by atoms with Gasteiger partial charge in [-0.2, -0.15) is 18.2 Å². The Morgan fingerprint density at radius 2 is 1.81 bits per heavy atom. The Balaban J connectivity index is 2.64. The average molecular weight is 471 g/mol. The van der Waals surface area contributed by atoms with Gasteiger partial charge in [0.15, 0.2) is 5.49 Å². The maximum absolute atomic E-state index is 13.3. The Morgan fingerprint density at radius 1 is 1.16 bits per heavy atom. The number of alkyl halides is 3. The topological polar surface area (TPSA) is 82.4 Å². The van der Waals surface area contributed by atoms with Gasteiger partial charge in [0.2, 0.25) is 5.91 Å². The Hall–Kier alpha value is -2.49. The van der Waals surface area contributed by atoms with Gasteiger partial charge in [-0.1, -0.05) is 34.1 Å². The van der Waals surface area contributed by atoms with E-state index < -0.39 is 23.6 Å². The highest BCUT2D eigenvalue weighted by molar-refractivity contribution is 8.00. The van der Waals surface area contributed by atoms with Crippen molar-refractivity contribution in [1.82, 2.24) is 9.36 Å². The van der Waals surface area contributed by atoms with Crippen molar-refractivity contribution in [2.24, 2.45) is 17.8 Å². The van der Waals surface area contributed by atoms with Crippen LogP contribution in [-0.4, -0.2) is 26.9 Å². The zero-order valence-electron chi connectivity index (χ0n) is 18.9. The Labute approximate surface area is 189 Å². The molecular weight excluding hydrogens is 441 g/mol. The molecule has 0 atom stereocenters. The number of unbranched alkanes of at least 4 members (excludes halogenated alkanes) is 1. The van der Waals surface area contributed by atoms with Crippen molar-refractivity contribution in [2.75, 3.05) is 5.75 Å². The standard InChI is InChI=1S/C22H29F3N4O2S/c1-6-7-10-29-19(12-17(28(29)5)21(2,3)4)27-20(31)15-11-14(22(23,24)25)8-9-16(15)32-13-18(26)30/h8-9,11-12H,6-7,10,13H2,1-5H3,(H2,26,30)/b27-19+. The largest absolute Gasteiger partial charge is 0.416 e. The fourth-order valence-corrected chi connectivity index (χ4v) is 4.01. The fourth-order valence-electron chi connectivity index (χ4n) is 3.25. The molecule has 1 heterocycles. The predicted octanol–water partition coefficient (Wildman–Crippen LogP) is 4.26. The van der Waals surface area contributed by atoms with Gasteiger partial charge in [0.1, 0.15) is 0 Å².